The van der Waals surface area contributed by atoms with Crippen molar-refractivity contribution in [2.45, 2.75) is 38.8 Å². The molecule has 1 N–H and O–H groups in total. The summed E-state index contributed by atoms with van der Waals surface area (Å²) in [4.78, 5) is 4.60. The lowest BCUT2D eigenvalue weighted by atomic mass is 10.0. The number of aryl methyl sites for hydroxylation is 1. The Bertz CT molecular complexity index is 597. The molecule has 3 rings (SSSR count). The van der Waals surface area contributed by atoms with E-state index >= 15 is 0 Å². The van der Waals surface area contributed by atoms with E-state index in [2.05, 4.69) is 41.5 Å². The Kier molecular flexibility index (Phi) is 4.23. The number of fused-ring (bicyclic) bond motifs is 1. The fourth-order valence-corrected chi connectivity index (χ4v) is 3.64. The molecule has 3 heteroatoms. The number of rotatable bonds is 4. The number of nitrogens with zero attached hydrogens (tertiary/aromatic N) is 1. The van der Waals surface area contributed by atoms with Crippen LogP contribution in [0.25, 0.3) is 10.9 Å². The smallest absolute Gasteiger partial charge is 0.0708 e. The van der Waals surface area contributed by atoms with Gasteiger partial charge in [-0.3, -0.25) is 4.98 Å². The molecule has 0 aliphatic heterocycles. The molecule has 106 valence electrons. The number of alkyl halides is 1. The average molecular weight is 289 g/mol. The van der Waals surface area contributed by atoms with Crippen molar-refractivity contribution in [3.63, 3.8) is 0 Å². The van der Waals surface area contributed by atoms with E-state index in [-0.39, 0.29) is 0 Å². The Morgan fingerprint density at radius 3 is 3.00 bits per heavy atom. The minimum atomic E-state index is 0.569. The maximum absolute atomic E-state index is 6.05. The molecule has 1 fully saturated rings. The van der Waals surface area contributed by atoms with E-state index in [4.69, 9.17) is 11.6 Å². The maximum Gasteiger partial charge on any atom is 0.0708 e. The van der Waals surface area contributed by atoms with Crippen molar-refractivity contribution >= 4 is 22.5 Å². The van der Waals surface area contributed by atoms with Crippen LogP contribution in [0.3, 0.4) is 0 Å². The Labute approximate surface area is 125 Å². The van der Waals surface area contributed by atoms with Crippen LogP contribution in [-0.2, 0) is 6.54 Å². The van der Waals surface area contributed by atoms with Gasteiger partial charge in [0, 0.05) is 29.5 Å². The first-order valence-corrected chi connectivity index (χ1v) is 7.96. The molecule has 2 aromatic rings. The minimum absolute atomic E-state index is 0.569. The van der Waals surface area contributed by atoms with Gasteiger partial charge in [0.1, 0.15) is 0 Å². The van der Waals surface area contributed by atoms with Crippen LogP contribution in [-0.4, -0.2) is 16.9 Å². The summed E-state index contributed by atoms with van der Waals surface area (Å²) in [6.07, 6.45) is 3.81. The van der Waals surface area contributed by atoms with Gasteiger partial charge < -0.3 is 5.32 Å². The molecule has 2 nitrogen and oxygen atoms in total. The molecule has 0 saturated heterocycles. The highest BCUT2D eigenvalue weighted by Gasteiger charge is 2.25. The lowest BCUT2D eigenvalue weighted by Gasteiger charge is -2.19. The van der Waals surface area contributed by atoms with Gasteiger partial charge in [-0.15, -0.1) is 11.6 Å². The number of hydrogen-bond acceptors (Lipinski definition) is 2. The van der Waals surface area contributed by atoms with Gasteiger partial charge in [0.2, 0.25) is 0 Å². The summed E-state index contributed by atoms with van der Waals surface area (Å²) in [6, 6.07) is 11.1. The molecule has 1 saturated carbocycles. The molecule has 2 atom stereocenters. The van der Waals surface area contributed by atoms with Crippen LogP contribution in [0.2, 0.25) is 0 Å². The fraction of sp³-hybridized carbons (Fsp3) is 0.471. The van der Waals surface area contributed by atoms with Gasteiger partial charge in [-0.05, 0) is 43.4 Å². The highest BCUT2D eigenvalue weighted by molar-refractivity contribution is 6.18. The molecule has 1 heterocycles. The van der Waals surface area contributed by atoms with Crippen LogP contribution in [0.1, 0.15) is 30.5 Å². The maximum atomic E-state index is 6.05. The van der Waals surface area contributed by atoms with Crippen LogP contribution in [0.5, 0.6) is 0 Å². The third-order valence-electron chi connectivity index (χ3n) is 4.34. The van der Waals surface area contributed by atoms with Crippen molar-refractivity contribution in [3.05, 3.63) is 41.6 Å². The van der Waals surface area contributed by atoms with Crippen LogP contribution in [0.15, 0.2) is 30.3 Å². The lowest BCUT2D eigenvalue weighted by Crippen LogP contribution is -2.32. The van der Waals surface area contributed by atoms with E-state index in [1.807, 2.05) is 6.07 Å². The topological polar surface area (TPSA) is 24.9 Å². The Hall–Kier alpha value is -1.12. The highest BCUT2D eigenvalue weighted by Crippen LogP contribution is 2.27. The second-order valence-corrected chi connectivity index (χ2v) is 6.08. The normalized spacial score (nSPS) is 22.5. The van der Waals surface area contributed by atoms with E-state index < -0.39 is 0 Å². The summed E-state index contributed by atoms with van der Waals surface area (Å²) in [5.74, 6) is 1.40. The number of pyridine rings is 1. The van der Waals surface area contributed by atoms with Crippen LogP contribution < -0.4 is 5.32 Å². The van der Waals surface area contributed by atoms with Gasteiger partial charge in [-0.25, -0.2) is 0 Å². The van der Waals surface area contributed by atoms with E-state index in [1.165, 1.54) is 30.2 Å². The van der Waals surface area contributed by atoms with Gasteiger partial charge in [0.25, 0.3) is 0 Å². The summed E-state index contributed by atoms with van der Waals surface area (Å²) >= 11 is 6.05. The van der Waals surface area contributed by atoms with Gasteiger partial charge >= 0.3 is 0 Å². The molecule has 1 aliphatic rings. The van der Waals surface area contributed by atoms with Crippen LogP contribution in [0.4, 0.5) is 0 Å². The van der Waals surface area contributed by atoms with Crippen molar-refractivity contribution in [2.24, 2.45) is 5.92 Å². The molecule has 0 radical (unpaired) electrons. The zero-order valence-electron chi connectivity index (χ0n) is 11.9. The van der Waals surface area contributed by atoms with Gasteiger partial charge in [0.15, 0.2) is 0 Å². The monoisotopic (exact) mass is 288 g/mol. The minimum Gasteiger partial charge on any atom is -0.310 e. The molecule has 0 spiro atoms. The summed E-state index contributed by atoms with van der Waals surface area (Å²) < 4.78 is 0. The first kappa shape index (κ1) is 13.8. The fourth-order valence-electron chi connectivity index (χ4n) is 3.27. The largest absolute Gasteiger partial charge is 0.310 e. The molecule has 2 unspecified atom stereocenters. The highest BCUT2D eigenvalue weighted by atomic mass is 35.5. The van der Waals surface area contributed by atoms with Gasteiger partial charge in [-0.2, -0.15) is 0 Å². The van der Waals surface area contributed by atoms with Gasteiger partial charge in [-0.1, -0.05) is 24.6 Å². The Morgan fingerprint density at radius 2 is 2.15 bits per heavy atom. The molecule has 1 aliphatic carbocycles. The molecule has 0 amide bonds. The quantitative estimate of drug-likeness (QED) is 0.859. The predicted molar refractivity (Wildman–Crippen MR) is 85.2 cm³/mol. The molecule has 20 heavy (non-hydrogen) atoms. The number of halogens is 1. The second kappa shape index (κ2) is 6.11. The summed E-state index contributed by atoms with van der Waals surface area (Å²) in [7, 11) is 0. The Morgan fingerprint density at radius 1 is 1.30 bits per heavy atom. The number of para-hydroxylation sites is 1. The molecule has 1 aromatic heterocycles. The molecule has 0 bridgehead atoms. The third-order valence-corrected chi connectivity index (χ3v) is 4.74. The number of benzene rings is 1. The molecular formula is C17H21ClN2. The van der Waals surface area contributed by atoms with Crippen molar-refractivity contribution in [3.8, 4) is 0 Å². The summed E-state index contributed by atoms with van der Waals surface area (Å²) in [5.41, 5.74) is 3.51. The van der Waals surface area contributed by atoms with Crippen molar-refractivity contribution in [2.75, 3.05) is 5.88 Å². The number of nitrogens with one attached hydrogen (secondary N) is 1. The SMILES string of the molecule is Cc1cc(CNC2CCCC2CCl)c2ccccc2n1. The molecule has 1 aromatic carbocycles. The summed E-state index contributed by atoms with van der Waals surface area (Å²) in [5, 5.41) is 4.96. The van der Waals surface area contributed by atoms with Crippen LogP contribution in [0, 0.1) is 12.8 Å². The van der Waals surface area contributed by atoms with Crippen LogP contribution >= 0.6 is 11.6 Å². The first-order chi connectivity index (χ1) is 9.78. The number of aromatic nitrogens is 1. The van der Waals surface area contributed by atoms with Crippen molar-refractivity contribution in [1.82, 2.24) is 10.3 Å². The zero-order valence-corrected chi connectivity index (χ0v) is 12.7. The first-order valence-electron chi connectivity index (χ1n) is 7.42. The van der Waals surface area contributed by atoms with Gasteiger partial charge in [0.05, 0.1) is 5.52 Å². The second-order valence-electron chi connectivity index (χ2n) is 5.77. The average Bonchev–Trinajstić information content (AvgIpc) is 2.92. The van der Waals surface area contributed by atoms with E-state index in [9.17, 15) is 0 Å². The van der Waals surface area contributed by atoms with Crippen molar-refractivity contribution < 1.29 is 0 Å². The third kappa shape index (κ3) is 2.82. The van der Waals surface area contributed by atoms with Crippen molar-refractivity contribution in [1.29, 1.82) is 0 Å². The lowest BCUT2D eigenvalue weighted by molar-refractivity contribution is 0.430. The predicted octanol–water partition coefficient (Wildman–Crippen LogP) is 4.04. The Balaban J connectivity index is 1.80. The number of hydrogen-bond donors (Lipinski definition) is 1. The summed E-state index contributed by atoms with van der Waals surface area (Å²) in [6.45, 7) is 2.97. The standard InChI is InChI=1S/C17H21ClN2/c1-12-9-14(15-6-2-3-7-17(15)20-12)11-19-16-8-4-5-13(16)10-18/h2-3,6-7,9,13,16,19H,4-5,8,10-11H2,1H3. The van der Waals surface area contributed by atoms with E-state index in [0.717, 1.165) is 23.6 Å². The van der Waals surface area contributed by atoms with E-state index in [0.29, 0.717) is 12.0 Å². The molecular weight excluding hydrogens is 268 g/mol. The zero-order chi connectivity index (χ0) is 13.9. The van der Waals surface area contributed by atoms with E-state index in [1.54, 1.807) is 0 Å².